The molecule has 0 saturated carbocycles. The minimum atomic E-state index is 1.11. The van der Waals surface area contributed by atoms with Gasteiger partial charge in [-0.2, -0.15) is 0 Å². The highest BCUT2D eigenvalue weighted by atomic mass is 32.1. The van der Waals surface area contributed by atoms with Crippen molar-refractivity contribution in [3.63, 3.8) is 0 Å². The summed E-state index contributed by atoms with van der Waals surface area (Å²) in [6.45, 7) is 0. The molecule has 0 N–H and O–H groups in total. The average Bonchev–Trinajstić information content (AvgIpc) is 3.64. The lowest BCUT2D eigenvalue weighted by Gasteiger charge is -2.28. The summed E-state index contributed by atoms with van der Waals surface area (Å²) in [5.74, 6) is 0. The minimum absolute atomic E-state index is 1.11. The van der Waals surface area contributed by atoms with Crippen molar-refractivity contribution in [3.05, 3.63) is 212 Å². The van der Waals surface area contributed by atoms with E-state index in [1.165, 1.54) is 85.9 Å². The zero-order valence-corrected chi connectivity index (χ0v) is 31.4. The van der Waals surface area contributed by atoms with Gasteiger partial charge in [0.05, 0.1) is 5.69 Å². The first-order valence-corrected chi connectivity index (χ1v) is 20.0. The molecule has 1 heterocycles. The van der Waals surface area contributed by atoms with Crippen molar-refractivity contribution >= 4 is 80.9 Å². The normalized spacial score (nSPS) is 11.6. The number of hydrogen-bond donors (Lipinski definition) is 0. The molecule has 56 heavy (non-hydrogen) atoms. The van der Waals surface area contributed by atoms with E-state index in [1.807, 2.05) is 11.3 Å². The van der Waals surface area contributed by atoms with Gasteiger partial charge in [0.15, 0.2) is 0 Å². The second-order valence-corrected chi connectivity index (χ2v) is 15.6. The molecule has 11 aromatic rings. The molecule has 0 saturated heterocycles. The predicted octanol–water partition coefficient (Wildman–Crippen LogP) is 16.0. The van der Waals surface area contributed by atoms with Crippen LogP contribution in [0.1, 0.15) is 0 Å². The fourth-order valence-electron chi connectivity index (χ4n) is 8.43. The van der Waals surface area contributed by atoms with Gasteiger partial charge in [0.25, 0.3) is 0 Å². The third-order valence-electron chi connectivity index (χ3n) is 11.2. The van der Waals surface area contributed by atoms with Crippen LogP contribution >= 0.6 is 11.3 Å². The number of thiophene rings is 1. The summed E-state index contributed by atoms with van der Waals surface area (Å²) >= 11 is 1.87. The molecule has 1 aromatic heterocycles. The molecular formula is C54H35NS. The second kappa shape index (κ2) is 13.4. The van der Waals surface area contributed by atoms with Gasteiger partial charge in [-0.25, -0.2) is 0 Å². The third kappa shape index (κ3) is 5.62. The topological polar surface area (TPSA) is 3.24 Å². The zero-order valence-electron chi connectivity index (χ0n) is 30.6. The Labute approximate surface area is 330 Å². The summed E-state index contributed by atoms with van der Waals surface area (Å²) in [5, 5.41) is 10.1. The van der Waals surface area contributed by atoms with Gasteiger partial charge in [0, 0.05) is 36.9 Å². The monoisotopic (exact) mass is 729 g/mol. The Morgan fingerprint density at radius 2 is 0.857 bits per heavy atom. The number of fused-ring (bicyclic) bond motifs is 6. The maximum absolute atomic E-state index is 2.41. The second-order valence-electron chi connectivity index (χ2n) is 14.5. The number of nitrogens with zero attached hydrogens (tertiary/aromatic N) is 1. The Balaban J connectivity index is 1.01. The molecule has 0 radical (unpaired) electrons. The first-order chi connectivity index (χ1) is 27.7. The zero-order chi connectivity index (χ0) is 37.0. The van der Waals surface area contributed by atoms with Crippen molar-refractivity contribution in [1.29, 1.82) is 0 Å². The average molecular weight is 730 g/mol. The van der Waals surface area contributed by atoms with Crippen molar-refractivity contribution in [2.24, 2.45) is 0 Å². The van der Waals surface area contributed by atoms with E-state index in [0.29, 0.717) is 0 Å². The van der Waals surface area contributed by atoms with E-state index in [1.54, 1.807) is 0 Å². The molecule has 2 heteroatoms. The summed E-state index contributed by atoms with van der Waals surface area (Å²) < 4.78 is 2.65. The van der Waals surface area contributed by atoms with Crippen molar-refractivity contribution < 1.29 is 0 Å². The smallest absolute Gasteiger partial charge is 0.0540 e. The lowest BCUT2D eigenvalue weighted by molar-refractivity contribution is 1.30. The van der Waals surface area contributed by atoms with Crippen LogP contribution in [0, 0.1) is 0 Å². The molecule has 0 spiro atoms. The number of rotatable bonds is 6. The van der Waals surface area contributed by atoms with Crippen LogP contribution in [0.5, 0.6) is 0 Å². The molecule has 0 aliphatic rings. The first-order valence-electron chi connectivity index (χ1n) is 19.2. The van der Waals surface area contributed by atoms with E-state index in [9.17, 15) is 0 Å². The van der Waals surface area contributed by atoms with Crippen LogP contribution in [-0.2, 0) is 0 Å². The summed E-state index contributed by atoms with van der Waals surface area (Å²) in [7, 11) is 0. The van der Waals surface area contributed by atoms with Gasteiger partial charge in [-0.3, -0.25) is 0 Å². The van der Waals surface area contributed by atoms with Gasteiger partial charge in [-0.05, 0) is 121 Å². The van der Waals surface area contributed by atoms with Crippen LogP contribution < -0.4 is 4.90 Å². The SMILES string of the molecule is c1ccc(N(c2cccc(-c3ccc4ccc(-c5ccc6ccccc6c5)cc4c3)c2)c2ccc(-c3ccc4c(c3)sc3ccccc34)c3ccccc23)cc1. The van der Waals surface area contributed by atoms with E-state index in [-0.39, 0.29) is 0 Å². The molecule has 10 aromatic carbocycles. The molecule has 0 aliphatic carbocycles. The summed E-state index contributed by atoms with van der Waals surface area (Å²) in [6, 6.07) is 77.8. The standard InChI is InChI=1S/C54H35NS/c1-2-14-45(15-3-1)55(52-30-29-47(48-17-6-7-18-49(48)52)43-27-28-51-50-19-8-9-20-53(50)56-54(51)35-43)46-16-10-13-39(34-46)41-25-22-37-23-26-42(33-44(37)32-41)40-24-21-36-11-4-5-12-38(36)31-40/h1-35H. The Hall–Kier alpha value is -7.00. The van der Waals surface area contributed by atoms with Crippen LogP contribution in [-0.4, -0.2) is 0 Å². The predicted molar refractivity (Wildman–Crippen MR) is 243 cm³/mol. The van der Waals surface area contributed by atoms with Gasteiger partial charge in [0.2, 0.25) is 0 Å². The maximum Gasteiger partial charge on any atom is 0.0540 e. The van der Waals surface area contributed by atoms with Crippen molar-refractivity contribution in [1.82, 2.24) is 0 Å². The van der Waals surface area contributed by atoms with E-state index in [2.05, 4.69) is 217 Å². The Bertz CT molecular complexity index is 3270. The fourth-order valence-corrected chi connectivity index (χ4v) is 9.57. The molecule has 262 valence electrons. The van der Waals surface area contributed by atoms with Crippen LogP contribution in [0.4, 0.5) is 17.1 Å². The fraction of sp³-hybridized carbons (Fsp3) is 0. The van der Waals surface area contributed by atoms with E-state index in [0.717, 1.165) is 17.1 Å². The molecule has 0 bridgehead atoms. The summed E-state index contributed by atoms with van der Waals surface area (Å²) in [4.78, 5) is 2.41. The molecular weight excluding hydrogens is 695 g/mol. The number of hydrogen-bond acceptors (Lipinski definition) is 2. The summed E-state index contributed by atoms with van der Waals surface area (Å²) in [5.41, 5.74) is 10.7. The van der Waals surface area contributed by atoms with E-state index in [4.69, 9.17) is 0 Å². The molecule has 0 fully saturated rings. The highest BCUT2D eigenvalue weighted by Gasteiger charge is 2.18. The van der Waals surface area contributed by atoms with Crippen molar-refractivity contribution in [2.45, 2.75) is 0 Å². The number of para-hydroxylation sites is 1. The lowest BCUT2D eigenvalue weighted by Crippen LogP contribution is -2.10. The van der Waals surface area contributed by atoms with Crippen molar-refractivity contribution in [2.75, 3.05) is 4.90 Å². The highest BCUT2D eigenvalue weighted by Crippen LogP contribution is 2.44. The van der Waals surface area contributed by atoms with Crippen LogP contribution in [0.25, 0.3) is 85.9 Å². The molecule has 0 atom stereocenters. The van der Waals surface area contributed by atoms with Gasteiger partial charge in [-0.15, -0.1) is 11.3 Å². The summed E-state index contributed by atoms with van der Waals surface area (Å²) in [6.07, 6.45) is 0. The van der Waals surface area contributed by atoms with Gasteiger partial charge < -0.3 is 4.90 Å². The molecule has 0 unspecified atom stereocenters. The molecule has 11 rings (SSSR count). The van der Waals surface area contributed by atoms with Gasteiger partial charge in [0.1, 0.15) is 0 Å². The quantitative estimate of drug-likeness (QED) is 0.165. The third-order valence-corrected chi connectivity index (χ3v) is 12.3. The molecule has 1 nitrogen and oxygen atoms in total. The molecule has 0 amide bonds. The van der Waals surface area contributed by atoms with Gasteiger partial charge >= 0.3 is 0 Å². The van der Waals surface area contributed by atoms with Crippen molar-refractivity contribution in [3.8, 4) is 33.4 Å². The Morgan fingerprint density at radius 1 is 0.286 bits per heavy atom. The Kier molecular flexibility index (Phi) is 7.75. The maximum atomic E-state index is 2.41. The number of anilines is 3. The van der Waals surface area contributed by atoms with E-state index >= 15 is 0 Å². The lowest BCUT2D eigenvalue weighted by atomic mass is 9.95. The number of benzene rings is 10. The van der Waals surface area contributed by atoms with Crippen LogP contribution in [0.15, 0.2) is 212 Å². The Morgan fingerprint density at radius 3 is 1.64 bits per heavy atom. The highest BCUT2D eigenvalue weighted by molar-refractivity contribution is 7.25. The van der Waals surface area contributed by atoms with Gasteiger partial charge in [-0.1, -0.05) is 152 Å². The minimum Gasteiger partial charge on any atom is -0.310 e. The van der Waals surface area contributed by atoms with E-state index < -0.39 is 0 Å². The van der Waals surface area contributed by atoms with Crippen LogP contribution in [0.2, 0.25) is 0 Å². The first kappa shape index (κ1) is 32.4. The molecule has 0 aliphatic heterocycles. The largest absolute Gasteiger partial charge is 0.310 e. The van der Waals surface area contributed by atoms with Crippen LogP contribution in [0.3, 0.4) is 0 Å².